The lowest BCUT2D eigenvalue weighted by molar-refractivity contribution is 0.0132. The monoisotopic (exact) mass is 226 g/mol. The summed E-state index contributed by atoms with van der Waals surface area (Å²) in [7, 11) is 1.54. The van der Waals surface area contributed by atoms with Crippen LogP contribution >= 0.6 is 0 Å². The quantitative estimate of drug-likeness (QED) is 0.707. The van der Waals surface area contributed by atoms with Gasteiger partial charge >= 0.3 is 12.1 Å². The van der Waals surface area contributed by atoms with Gasteiger partial charge in [-0.3, -0.25) is 5.01 Å². The molecule has 0 bridgehead atoms. The van der Waals surface area contributed by atoms with Crippen LogP contribution in [0.1, 0.15) is 19.3 Å². The van der Waals surface area contributed by atoms with E-state index in [1.165, 1.54) is 11.3 Å². The normalized spacial score (nSPS) is 22.7. The molecule has 0 radical (unpaired) electrons. The molecule has 4 amide bonds. The number of urea groups is 2. The minimum atomic E-state index is -0.315. The van der Waals surface area contributed by atoms with Crippen LogP contribution in [-0.4, -0.2) is 60.2 Å². The van der Waals surface area contributed by atoms with Crippen molar-refractivity contribution in [2.75, 3.05) is 33.2 Å². The van der Waals surface area contributed by atoms with Crippen LogP contribution in [0.3, 0.4) is 0 Å². The van der Waals surface area contributed by atoms with Crippen molar-refractivity contribution in [3.63, 3.8) is 0 Å². The summed E-state index contributed by atoms with van der Waals surface area (Å²) in [5.74, 6) is 0. The number of imide groups is 1. The fourth-order valence-corrected chi connectivity index (χ4v) is 2.23. The summed E-state index contributed by atoms with van der Waals surface area (Å²) in [4.78, 5) is 24.6. The first-order valence-corrected chi connectivity index (χ1v) is 5.79. The maximum absolute atomic E-state index is 12.0. The molecule has 0 saturated carbocycles. The second-order valence-electron chi connectivity index (χ2n) is 4.13. The molecule has 2 rings (SSSR count). The Bertz CT molecular complexity index is 289. The van der Waals surface area contributed by atoms with E-state index in [2.05, 4.69) is 10.3 Å². The van der Waals surface area contributed by atoms with E-state index in [4.69, 9.17) is 0 Å². The molecule has 0 unspecified atom stereocenters. The molecule has 2 fully saturated rings. The number of carbonyl (C=O) groups is 2. The molecule has 90 valence electrons. The van der Waals surface area contributed by atoms with Gasteiger partial charge in [0, 0.05) is 20.1 Å². The molecular weight excluding hydrogens is 208 g/mol. The Kier molecular flexibility index (Phi) is 3.28. The largest absolute Gasteiger partial charge is 0.342 e. The molecular formula is C10H18N4O2. The highest BCUT2D eigenvalue weighted by atomic mass is 16.2. The molecule has 0 spiro atoms. The Balaban J connectivity index is 1.98. The summed E-state index contributed by atoms with van der Waals surface area (Å²) < 4.78 is 0. The minimum Gasteiger partial charge on any atom is -0.341 e. The number of piperidine rings is 1. The molecule has 0 aliphatic carbocycles. The Morgan fingerprint density at radius 3 is 2.44 bits per heavy atom. The number of hydrazine groups is 1. The zero-order chi connectivity index (χ0) is 11.5. The van der Waals surface area contributed by atoms with Gasteiger partial charge in [0.15, 0.2) is 0 Å². The van der Waals surface area contributed by atoms with Gasteiger partial charge in [-0.2, -0.15) is 0 Å². The van der Waals surface area contributed by atoms with Crippen LogP contribution in [0.4, 0.5) is 9.59 Å². The summed E-state index contributed by atoms with van der Waals surface area (Å²) in [5.41, 5.74) is 0. The van der Waals surface area contributed by atoms with Gasteiger partial charge in [0.2, 0.25) is 0 Å². The first-order chi connectivity index (χ1) is 7.74. The average molecular weight is 226 g/mol. The second kappa shape index (κ2) is 4.69. The summed E-state index contributed by atoms with van der Waals surface area (Å²) in [6, 6.07) is -0.509. The Morgan fingerprint density at radius 1 is 1.12 bits per heavy atom. The highest BCUT2D eigenvalue weighted by molar-refractivity contribution is 5.94. The van der Waals surface area contributed by atoms with Crippen LogP contribution in [0.5, 0.6) is 0 Å². The highest BCUT2D eigenvalue weighted by Gasteiger charge is 2.36. The summed E-state index contributed by atoms with van der Waals surface area (Å²) in [6.45, 7) is 2.95. The van der Waals surface area contributed by atoms with E-state index in [1.54, 1.807) is 12.1 Å². The van der Waals surface area contributed by atoms with Gasteiger partial charge in [-0.05, 0) is 12.8 Å². The maximum Gasteiger partial charge on any atom is 0.342 e. The molecule has 6 nitrogen and oxygen atoms in total. The molecule has 2 heterocycles. The molecule has 0 aromatic rings. The van der Waals surface area contributed by atoms with Crippen LogP contribution in [0.15, 0.2) is 0 Å². The standard InChI is InChI=1S/C10H18N4O2/c1-11-9(15)13-7-8-14(10(13)16)12-5-3-2-4-6-12/h2-8H2,1H3,(H,11,15). The Labute approximate surface area is 95.1 Å². The van der Waals surface area contributed by atoms with Gasteiger partial charge in [-0.15, -0.1) is 0 Å². The third kappa shape index (κ3) is 1.97. The first kappa shape index (κ1) is 11.2. The third-order valence-corrected chi connectivity index (χ3v) is 3.12. The van der Waals surface area contributed by atoms with Crippen molar-refractivity contribution in [1.29, 1.82) is 0 Å². The van der Waals surface area contributed by atoms with Gasteiger partial charge < -0.3 is 5.32 Å². The highest BCUT2D eigenvalue weighted by Crippen LogP contribution is 2.17. The van der Waals surface area contributed by atoms with E-state index in [-0.39, 0.29) is 12.1 Å². The molecule has 2 saturated heterocycles. The fraction of sp³-hybridized carbons (Fsp3) is 0.800. The number of hydrogen-bond acceptors (Lipinski definition) is 3. The predicted molar refractivity (Wildman–Crippen MR) is 58.7 cm³/mol. The maximum atomic E-state index is 12.0. The fourth-order valence-electron chi connectivity index (χ4n) is 2.23. The van der Waals surface area contributed by atoms with Crippen LogP contribution in [-0.2, 0) is 0 Å². The predicted octanol–water partition coefficient (Wildman–Crippen LogP) is 0.464. The molecule has 0 aromatic carbocycles. The van der Waals surface area contributed by atoms with Crippen LogP contribution < -0.4 is 5.32 Å². The summed E-state index contributed by atoms with van der Waals surface area (Å²) in [6.07, 6.45) is 3.49. The van der Waals surface area contributed by atoms with Gasteiger partial charge in [0.05, 0.1) is 13.1 Å². The second-order valence-corrected chi connectivity index (χ2v) is 4.13. The number of nitrogens with zero attached hydrogens (tertiary/aromatic N) is 3. The van der Waals surface area contributed by atoms with Crippen LogP contribution in [0.2, 0.25) is 0 Å². The number of rotatable bonds is 1. The summed E-state index contributed by atoms with van der Waals surface area (Å²) in [5, 5.41) is 6.25. The number of carbonyl (C=O) groups excluding carboxylic acids is 2. The van der Waals surface area contributed by atoms with Crippen molar-refractivity contribution in [2.45, 2.75) is 19.3 Å². The number of amides is 4. The van der Waals surface area contributed by atoms with Gasteiger partial charge in [-0.1, -0.05) is 6.42 Å². The molecule has 16 heavy (non-hydrogen) atoms. The average Bonchev–Trinajstić information content (AvgIpc) is 2.71. The SMILES string of the molecule is CNC(=O)N1CCN(N2CCCCC2)C1=O. The molecule has 0 aromatic heterocycles. The van der Waals surface area contributed by atoms with E-state index in [0.29, 0.717) is 13.1 Å². The molecule has 0 atom stereocenters. The Morgan fingerprint density at radius 2 is 1.81 bits per heavy atom. The van der Waals surface area contributed by atoms with E-state index >= 15 is 0 Å². The summed E-state index contributed by atoms with van der Waals surface area (Å²) >= 11 is 0. The minimum absolute atomic E-state index is 0.193. The van der Waals surface area contributed by atoms with Crippen molar-refractivity contribution in [3.05, 3.63) is 0 Å². The van der Waals surface area contributed by atoms with Gasteiger partial charge in [-0.25, -0.2) is 19.5 Å². The third-order valence-electron chi connectivity index (χ3n) is 3.12. The van der Waals surface area contributed by atoms with E-state index < -0.39 is 0 Å². The van der Waals surface area contributed by atoms with Crippen molar-refractivity contribution >= 4 is 12.1 Å². The number of nitrogens with one attached hydrogen (secondary N) is 1. The topological polar surface area (TPSA) is 55.9 Å². The van der Waals surface area contributed by atoms with Crippen molar-refractivity contribution in [2.24, 2.45) is 0 Å². The molecule has 2 aliphatic rings. The first-order valence-electron chi connectivity index (χ1n) is 5.79. The molecule has 2 aliphatic heterocycles. The zero-order valence-electron chi connectivity index (χ0n) is 9.61. The zero-order valence-corrected chi connectivity index (χ0v) is 9.61. The van der Waals surface area contributed by atoms with E-state index in [1.807, 2.05) is 0 Å². The number of hydrogen-bond donors (Lipinski definition) is 1. The lowest BCUT2D eigenvalue weighted by Crippen LogP contribution is -2.49. The Hall–Kier alpha value is -1.30. The van der Waals surface area contributed by atoms with Crippen molar-refractivity contribution in [1.82, 2.24) is 20.2 Å². The van der Waals surface area contributed by atoms with Gasteiger partial charge in [0.1, 0.15) is 0 Å². The van der Waals surface area contributed by atoms with Crippen LogP contribution in [0, 0.1) is 0 Å². The van der Waals surface area contributed by atoms with Crippen LogP contribution in [0.25, 0.3) is 0 Å². The molecule has 1 N–H and O–H groups in total. The van der Waals surface area contributed by atoms with Crippen molar-refractivity contribution < 1.29 is 9.59 Å². The smallest absolute Gasteiger partial charge is 0.341 e. The van der Waals surface area contributed by atoms with E-state index in [0.717, 1.165) is 25.9 Å². The lowest BCUT2D eigenvalue weighted by atomic mass is 10.2. The lowest BCUT2D eigenvalue weighted by Gasteiger charge is -2.33. The van der Waals surface area contributed by atoms with E-state index in [9.17, 15) is 9.59 Å². The van der Waals surface area contributed by atoms with Crippen molar-refractivity contribution in [3.8, 4) is 0 Å². The van der Waals surface area contributed by atoms with Gasteiger partial charge in [0.25, 0.3) is 0 Å². The molecule has 6 heteroatoms.